The molecule has 0 spiro atoms. The molecule has 5 aromatic rings. The SMILES string of the molecule is O=C(NCc1ccc(F)cc1)NCc1c(-c2cccs2)n(Cc2ccccc2)c2ccccc12. The lowest BCUT2D eigenvalue weighted by atomic mass is 10.1. The highest BCUT2D eigenvalue weighted by Crippen LogP contribution is 2.36. The van der Waals surface area contributed by atoms with Gasteiger partial charge in [-0.25, -0.2) is 9.18 Å². The minimum absolute atomic E-state index is 0.263. The first-order valence-electron chi connectivity index (χ1n) is 11.1. The van der Waals surface area contributed by atoms with Crippen LogP contribution in [-0.2, 0) is 19.6 Å². The highest BCUT2D eigenvalue weighted by molar-refractivity contribution is 7.13. The van der Waals surface area contributed by atoms with Gasteiger partial charge in [0.25, 0.3) is 0 Å². The largest absolute Gasteiger partial charge is 0.335 e. The van der Waals surface area contributed by atoms with E-state index in [1.165, 1.54) is 17.7 Å². The average Bonchev–Trinajstić information content (AvgIpc) is 3.50. The van der Waals surface area contributed by atoms with Crippen molar-refractivity contribution in [1.29, 1.82) is 0 Å². The lowest BCUT2D eigenvalue weighted by molar-refractivity contribution is 0.240. The maximum atomic E-state index is 13.1. The van der Waals surface area contributed by atoms with Crippen LogP contribution in [0.2, 0.25) is 0 Å². The van der Waals surface area contributed by atoms with Crippen molar-refractivity contribution >= 4 is 28.3 Å². The third-order valence-electron chi connectivity index (χ3n) is 5.81. The Bertz CT molecular complexity index is 1390. The summed E-state index contributed by atoms with van der Waals surface area (Å²) in [5, 5.41) is 9.08. The summed E-state index contributed by atoms with van der Waals surface area (Å²) in [5.41, 5.74) is 5.41. The summed E-state index contributed by atoms with van der Waals surface area (Å²) in [6.45, 7) is 1.47. The molecule has 2 N–H and O–H groups in total. The van der Waals surface area contributed by atoms with Crippen LogP contribution in [0.1, 0.15) is 16.7 Å². The average molecular weight is 470 g/mol. The van der Waals surface area contributed by atoms with E-state index in [-0.39, 0.29) is 11.8 Å². The molecule has 2 aromatic heterocycles. The second-order valence-corrected chi connectivity index (χ2v) is 9.00. The van der Waals surface area contributed by atoms with E-state index in [0.29, 0.717) is 13.1 Å². The van der Waals surface area contributed by atoms with Gasteiger partial charge in [0.15, 0.2) is 0 Å². The highest BCUT2D eigenvalue weighted by atomic mass is 32.1. The van der Waals surface area contributed by atoms with Crippen LogP contribution in [0, 0.1) is 5.82 Å². The van der Waals surface area contributed by atoms with Crippen LogP contribution in [0.4, 0.5) is 9.18 Å². The molecule has 34 heavy (non-hydrogen) atoms. The number of nitrogens with one attached hydrogen (secondary N) is 2. The fourth-order valence-corrected chi connectivity index (χ4v) is 5.00. The number of thiophene rings is 1. The number of hydrogen-bond donors (Lipinski definition) is 2. The zero-order chi connectivity index (χ0) is 23.3. The van der Waals surface area contributed by atoms with Gasteiger partial charge in [-0.05, 0) is 40.8 Å². The lowest BCUT2D eigenvalue weighted by Crippen LogP contribution is -2.34. The van der Waals surface area contributed by atoms with Crippen LogP contribution in [-0.4, -0.2) is 10.6 Å². The standard InChI is InChI=1S/C28H24FN3OS/c29-22-14-12-20(13-15-22)17-30-28(33)31-18-24-23-9-4-5-10-25(23)32(19-21-7-2-1-3-8-21)27(24)26-11-6-16-34-26/h1-16H,17-19H2,(H2,30,31,33). The number of carbonyl (C=O) groups excluding carboxylic acids is 1. The number of benzene rings is 3. The minimum Gasteiger partial charge on any atom is -0.335 e. The number of hydrogen-bond acceptors (Lipinski definition) is 2. The van der Waals surface area contributed by atoms with Crippen LogP contribution in [0.25, 0.3) is 21.5 Å². The van der Waals surface area contributed by atoms with E-state index in [2.05, 4.69) is 75.2 Å². The molecule has 0 unspecified atom stereocenters. The monoisotopic (exact) mass is 469 g/mol. The molecule has 0 fully saturated rings. The number of fused-ring (bicyclic) bond motifs is 1. The van der Waals surface area contributed by atoms with Crippen LogP contribution in [0.5, 0.6) is 0 Å². The van der Waals surface area contributed by atoms with Gasteiger partial charge >= 0.3 is 6.03 Å². The Balaban J connectivity index is 1.43. The predicted octanol–water partition coefficient (Wildman–Crippen LogP) is 6.56. The van der Waals surface area contributed by atoms with Crippen molar-refractivity contribution in [3.05, 3.63) is 119 Å². The number of carbonyl (C=O) groups is 1. The lowest BCUT2D eigenvalue weighted by Gasteiger charge is -2.12. The van der Waals surface area contributed by atoms with Gasteiger partial charge in [0, 0.05) is 36.1 Å². The molecule has 5 rings (SSSR count). The molecule has 0 saturated carbocycles. The Morgan fingerprint density at radius 1 is 0.794 bits per heavy atom. The first kappa shape index (κ1) is 21.9. The van der Waals surface area contributed by atoms with Gasteiger partial charge in [-0.15, -0.1) is 11.3 Å². The van der Waals surface area contributed by atoms with E-state index < -0.39 is 0 Å². The number of para-hydroxylation sites is 1. The van der Waals surface area contributed by atoms with Gasteiger partial charge < -0.3 is 15.2 Å². The molecule has 2 amide bonds. The number of urea groups is 1. The number of rotatable bonds is 7. The zero-order valence-corrected chi connectivity index (χ0v) is 19.3. The normalized spacial score (nSPS) is 11.0. The van der Waals surface area contributed by atoms with Crippen molar-refractivity contribution in [1.82, 2.24) is 15.2 Å². The molecule has 0 aliphatic rings. The van der Waals surface area contributed by atoms with Crippen molar-refractivity contribution in [3.8, 4) is 10.6 Å². The van der Waals surface area contributed by atoms with Crippen molar-refractivity contribution in [3.63, 3.8) is 0 Å². The quantitative estimate of drug-likeness (QED) is 0.279. The molecule has 0 saturated heterocycles. The smallest absolute Gasteiger partial charge is 0.315 e. The molecule has 4 nitrogen and oxygen atoms in total. The summed E-state index contributed by atoms with van der Waals surface area (Å²) >= 11 is 1.69. The van der Waals surface area contributed by atoms with Gasteiger partial charge in [0.1, 0.15) is 5.82 Å². The van der Waals surface area contributed by atoms with Crippen LogP contribution in [0.15, 0.2) is 96.4 Å². The molecular formula is C28H24FN3OS. The summed E-state index contributed by atoms with van der Waals surface area (Å²) < 4.78 is 15.5. The second-order valence-electron chi connectivity index (χ2n) is 8.06. The van der Waals surface area contributed by atoms with E-state index in [1.54, 1.807) is 23.5 Å². The number of amides is 2. The Morgan fingerprint density at radius 3 is 2.29 bits per heavy atom. The molecule has 0 bridgehead atoms. The van der Waals surface area contributed by atoms with Gasteiger partial charge in [-0.3, -0.25) is 0 Å². The zero-order valence-electron chi connectivity index (χ0n) is 18.5. The molecule has 3 aromatic carbocycles. The van der Waals surface area contributed by atoms with Crippen LogP contribution < -0.4 is 10.6 Å². The molecule has 2 heterocycles. The van der Waals surface area contributed by atoms with Gasteiger partial charge in [-0.2, -0.15) is 0 Å². The summed E-state index contributed by atoms with van der Waals surface area (Å²) in [6.07, 6.45) is 0. The maximum Gasteiger partial charge on any atom is 0.315 e. The third-order valence-corrected chi connectivity index (χ3v) is 6.68. The molecule has 0 aliphatic heterocycles. The van der Waals surface area contributed by atoms with Crippen molar-refractivity contribution in [2.45, 2.75) is 19.6 Å². The first-order chi connectivity index (χ1) is 16.7. The molecule has 0 atom stereocenters. The van der Waals surface area contributed by atoms with Crippen molar-refractivity contribution in [2.24, 2.45) is 0 Å². The minimum atomic E-state index is -0.291. The Morgan fingerprint density at radius 2 is 1.53 bits per heavy atom. The Hall–Kier alpha value is -3.90. The van der Waals surface area contributed by atoms with Crippen molar-refractivity contribution in [2.75, 3.05) is 0 Å². The molecule has 170 valence electrons. The number of aromatic nitrogens is 1. The van der Waals surface area contributed by atoms with Gasteiger partial charge in [0.05, 0.1) is 10.6 Å². The van der Waals surface area contributed by atoms with Gasteiger partial charge in [-0.1, -0.05) is 66.7 Å². The topological polar surface area (TPSA) is 46.1 Å². The fraction of sp³-hybridized carbons (Fsp3) is 0.107. The summed E-state index contributed by atoms with van der Waals surface area (Å²) in [5.74, 6) is -0.291. The summed E-state index contributed by atoms with van der Waals surface area (Å²) in [6, 6.07) is 28.8. The third kappa shape index (κ3) is 4.72. The highest BCUT2D eigenvalue weighted by Gasteiger charge is 2.20. The van der Waals surface area contributed by atoms with Gasteiger partial charge in [0.2, 0.25) is 0 Å². The number of nitrogens with zero attached hydrogens (tertiary/aromatic N) is 1. The predicted molar refractivity (Wildman–Crippen MR) is 136 cm³/mol. The summed E-state index contributed by atoms with van der Waals surface area (Å²) in [7, 11) is 0. The molecule has 6 heteroatoms. The fourth-order valence-electron chi connectivity index (χ4n) is 4.20. The molecule has 0 radical (unpaired) electrons. The van der Waals surface area contributed by atoms with E-state index in [1.807, 2.05) is 12.1 Å². The van der Waals surface area contributed by atoms with E-state index in [9.17, 15) is 9.18 Å². The Kier molecular flexibility index (Phi) is 6.40. The molecule has 0 aliphatic carbocycles. The second kappa shape index (κ2) is 9.93. The van der Waals surface area contributed by atoms with E-state index >= 15 is 0 Å². The number of halogens is 1. The van der Waals surface area contributed by atoms with Crippen molar-refractivity contribution < 1.29 is 9.18 Å². The first-order valence-corrected chi connectivity index (χ1v) is 12.0. The molecular weight excluding hydrogens is 445 g/mol. The summed E-state index contributed by atoms with van der Waals surface area (Å²) in [4.78, 5) is 13.8. The van der Waals surface area contributed by atoms with E-state index in [4.69, 9.17) is 0 Å². The Labute approximate surface area is 201 Å². The maximum absolute atomic E-state index is 13.1. The van der Waals surface area contributed by atoms with Crippen LogP contribution >= 0.6 is 11.3 Å². The van der Waals surface area contributed by atoms with E-state index in [0.717, 1.165) is 39.1 Å². The van der Waals surface area contributed by atoms with Crippen LogP contribution in [0.3, 0.4) is 0 Å².